The number of fused-ring (bicyclic) bond motifs is 1. The van der Waals surface area contributed by atoms with E-state index in [0.29, 0.717) is 11.4 Å². The van der Waals surface area contributed by atoms with E-state index in [1.165, 1.54) is 5.56 Å². The summed E-state index contributed by atoms with van der Waals surface area (Å²) in [6.07, 6.45) is 0.462. The molecule has 0 fully saturated rings. The van der Waals surface area contributed by atoms with Crippen LogP contribution in [0.1, 0.15) is 12.0 Å². The minimum atomic E-state index is -1.04. The first-order valence-electron chi connectivity index (χ1n) is 5.05. The highest BCUT2D eigenvalue weighted by Crippen LogP contribution is 2.21. The van der Waals surface area contributed by atoms with E-state index in [1.807, 2.05) is 24.3 Å². The maximum absolute atomic E-state index is 10.6. The van der Waals surface area contributed by atoms with E-state index < -0.39 is 6.09 Å². The first kappa shape index (κ1) is 10.9. The maximum Gasteiger partial charge on any atom is 0.405 e. The Morgan fingerprint density at radius 1 is 1.50 bits per heavy atom. The van der Waals surface area contributed by atoms with Gasteiger partial charge in [-0.1, -0.05) is 30.4 Å². The van der Waals surface area contributed by atoms with Gasteiger partial charge < -0.3 is 15.7 Å². The lowest BCUT2D eigenvalue weighted by atomic mass is 10.1. The Kier molecular flexibility index (Phi) is 3.05. The van der Waals surface area contributed by atoms with Gasteiger partial charge in [-0.25, -0.2) is 4.79 Å². The lowest BCUT2D eigenvalue weighted by Crippen LogP contribution is -2.41. The molecule has 4 nitrogen and oxygen atoms in total. The number of hydrogen-bond acceptors (Lipinski definition) is 2. The molecule has 0 aliphatic carbocycles. The molecule has 3 N–H and O–H groups in total. The Balaban J connectivity index is 2.18. The van der Waals surface area contributed by atoms with Crippen LogP contribution in [0, 0.1) is 0 Å². The number of nitrogens with one attached hydrogen (secondary N) is 2. The van der Waals surface area contributed by atoms with Gasteiger partial charge in [-0.3, -0.25) is 0 Å². The Bertz CT molecular complexity index is 434. The minimum Gasteiger partial charge on any atom is -0.465 e. The zero-order chi connectivity index (χ0) is 11.5. The topological polar surface area (TPSA) is 61.4 Å². The highest BCUT2D eigenvalue weighted by atomic mass is 32.1. The van der Waals surface area contributed by atoms with Crippen molar-refractivity contribution in [2.75, 3.05) is 5.32 Å². The molecule has 0 radical (unpaired) electrons. The van der Waals surface area contributed by atoms with Crippen LogP contribution in [0.25, 0.3) is 0 Å². The largest absolute Gasteiger partial charge is 0.465 e. The van der Waals surface area contributed by atoms with E-state index >= 15 is 0 Å². The van der Waals surface area contributed by atoms with Crippen LogP contribution in [0.3, 0.4) is 0 Å². The van der Waals surface area contributed by atoms with Gasteiger partial charge in [-0.15, -0.1) is 0 Å². The normalized spacial score (nSPS) is 19.2. The lowest BCUT2D eigenvalue weighted by Gasteiger charge is -2.15. The summed E-state index contributed by atoms with van der Waals surface area (Å²) in [6.45, 7) is 0. The number of amides is 1. The van der Waals surface area contributed by atoms with Crippen LogP contribution in [0.15, 0.2) is 24.3 Å². The molecule has 0 bridgehead atoms. The minimum absolute atomic E-state index is 0.306. The summed E-state index contributed by atoms with van der Waals surface area (Å²) in [5.74, 6) is 0. The fourth-order valence-electron chi connectivity index (χ4n) is 1.80. The molecule has 0 spiro atoms. The molecule has 1 aromatic carbocycles. The monoisotopic (exact) mass is 236 g/mol. The number of benzene rings is 1. The highest BCUT2D eigenvalue weighted by Gasteiger charge is 2.21. The predicted octanol–water partition coefficient (Wildman–Crippen LogP) is 2.01. The molecule has 0 saturated carbocycles. The molecular formula is C11H12N2O2S. The Hall–Kier alpha value is -1.62. The molecule has 1 heterocycles. The zero-order valence-corrected chi connectivity index (χ0v) is 9.38. The van der Waals surface area contributed by atoms with Crippen LogP contribution in [0.4, 0.5) is 10.5 Å². The van der Waals surface area contributed by atoms with Crippen LogP contribution >= 0.6 is 12.2 Å². The third-order valence-corrected chi connectivity index (χ3v) is 2.98. The van der Waals surface area contributed by atoms with Gasteiger partial charge in [0.25, 0.3) is 0 Å². The van der Waals surface area contributed by atoms with E-state index in [9.17, 15) is 4.79 Å². The Labute approximate surface area is 98.7 Å². The predicted molar refractivity (Wildman–Crippen MR) is 65.9 cm³/mol. The number of para-hydroxylation sites is 1. The first-order valence-corrected chi connectivity index (χ1v) is 5.46. The van der Waals surface area contributed by atoms with Crippen molar-refractivity contribution in [3.8, 4) is 0 Å². The second-order valence-corrected chi connectivity index (χ2v) is 4.13. The second-order valence-electron chi connectivity index (χ2n) is 3.69. The molecule has 1 aliphatic heterocycles. The maximum atomic E-state index is 10.6. The van der Waals surface area contributed by atoms with Gasteiger partial charge in [0, 0.05) is 5.69 Å². The van der Waals surface area contributed by atoms with Gasteiger partial charge in [-0.2, -0.15) is 0 Å². The third kappa shape index (κ3) is 2.30. The fourth-order valence-corrected chi connectivity index (χ4v) is 2.08. The number of carboxylic acid groups (broad SMARTS) is 1. The summed E-state index contributed by atoms with van der Waals surface area (Å²) in [5.41, 5.74) is 2.14. The van der Waals surface area contributed by atoms with Gasteiger partial charge >= 0.3 is 6.09 Å². The quantitative estimate of drug-likeness (QED) is 0.653. The van der Waals surface area contributed by atoms with Gasteiger partial charge in [-0.05, 0) is 24.5 Å². The second kappa shape index (κ2) is 4.49. The standard InChI is InChI=1S/C11H12N2O2S/c14-11(15)13-9-6-5-7-3-1-2-4-8(7)12-10(9)16/h1-4,9,13H,5-6H2,(H,12,16)(H,14,15). The number of thiocarbonyl (C=S) groups is 1. The molecule has 1 amide bonds. The van der Waals surface area contributed by atoms with Gasteiger partial charge in [0.15, 0.2) is 0 Å². The Morgan fingerprint density at radius 2 is 2.25 bits per heavy atom. The molecule has 1 atom stereocenters. The molecule has 16 heavy (non-hydrogen) atoms. The summed E-state index contributed by atoms with van der Waals surface area (Å²) in [5, 5.41) is 14.2. The van der Waals surface area contributed by atoms with Gasteiger partial charge in [0.2, 0.25) is 0 Å². The van der Waals surface area contributed by atoms with Crippen molar-refractivity contribution in [1.29, 1.82) is 0 Å². The fraction of sp³-hybridized carbons (Fsp3) is 0.273. The third-order valence-electron chi connectivity index (χ3n) is 2.59. The summed E-state index contributed by atoms with van der Waals surface area (Å²) >= 11 is 5.17. The SMILES string of the molecule is O=C(O)NC1CCc2ccccc2NC1=S. The van der Waals surface area contributed by atoms with E-state index in [1.54, 1.807) is 0 Å². The van der Waals surface area contributed by atoms with Crippen LogP contribution in [-0.2, 0) is 6.42 Å². The van der Waals surface area contributed by atoms with E-state index in [2.05, 4.69) is 10.6 Å². The van der Waals surface area contributed by atoms with Crippen molar-refractivity contribution < 1.29 is 9.90 Å². The molecule has 1 aromatic rings. The lowest BCUT2D eigenvalue weighted by molar-refractivity contribution is 0.192. The van der Waals surface area contributed by atoms with Crippen molar-refractivity contribution in [1.82, 2.24) is 5.32 Å². The average Bonchev–Trinajstić information content (AvgIpc) is 2.39. The van der Waals surface area contributed by atoms with Crippen molar-refractivity contribution in [3.05, 3.63) is 29.8 Å². The first-order chi connectivity index (χ1) is 7.66. The summed E-state index contributed by atoms with van der Waals surface area (Å²) in [4.78, 5) is 11.1. The smallest absolute Gasteiger partial charge is 0.405 e. The number of aryl methyl sites for hydroxylation is 1. The summed E-state index contributed by atoms with van der Waals surface area (Å²) < 4.78 is 0. The van der Waals surface area contributed by atoms with Crippen LogP contribution in [0.5, 0.6) is 0 Å². The van der Waals surface area contributed by atoms with Crippen LogP contribution < -0.4 is 10.6 Å². The van der Waals surface area contributed by atoms with Gasteiger partial charge in [0.1, 0.15) is 4.99 Å². The van der Waals surface area contributed by atoms with E-state index in [0.717, 1.165) is 12.1 Å². The number of rotatable bonds is 1. The van der Waals surface area contributed by atoms with Crippen molar-refractivity contribution in [2.45, 2.75) is 18.9 Å². The molecule has 1 aliphatic rings. The molecule has 1 unspecified atom stereocenters. The Morgan fingerprint density at radius 3 is 3.00 bits per heavy atom. The molecule has 0 saturated heterocycles. The molecular weight excluding hydrogens is 224 g/mol. The number of hydrogen-bond donors (Lipinski definition) is 3. The molecule has 84 valence electrons. The molecule has 5 heteroatoms. The van der Waals surface area contributed by atoms with Crippen LogP contribution in [-0.4, -0.2) is 22.2 Å². The number of anilines is 1. The number of carbonyl (C=O) groups is 1. The van der Waals surface area contributed by atoms with Crippen molar-refractivity contribution in [2.24, 2.45) is 0 Å². The average molecular weight is 236 g/mol. The summed E-state index contributed by atoms with van der Waals surface area (Å²) in [6, 6.07) is 7.56. The zero-order valence-electron chi connectivity index (χ0n) is 8.56. The van der Waals surface area contributed by atoms with Gasteiger partial charge in [0.05, 0.1) is 6.04 Å². The van der Waals surface area contributed by atoms with E-state index in [-0.39, 0.29) is 6.04 Å². The van der Waals surface area contributed by atoms with Crippen molar-refractivity contribution in [3.63, 3.8) is 0 Å². The molecule has 0 aromatic heterocycles. The van der Waals surface area contributed by atoms with Crippen molar-refractivity contribution >= 4 is 29.0 Å². The highest BCUT2D eigenvalue weighted by molar-refractivity contribution is 7.80. The van der Waals surface area contributed by atoms with Crippen LogP contribution in [0.2, 0.25) is 0 Å². The van der Waals surface area contributed by atoms with E-state index in [4.69, 9.17) is 17.3 Å². The summed E-state index contributed by atoms with van der Waals surface area (Å²) in [7, 11) is 0. The molecule has 2 rings (SSSR count).